The highest BCUT2D eigenvalue weighted by Gasteiger charge is 2.44. The number of hydrogen-bond donors (Lipinski definition) is 2. The normalized spacial score (nSPS) is 15.7. The summed E-state index contributed by atoms with van der Waals surface area (Å²) in [6.45, 7) is 8.51. The molecule has 3 rings (SSSR count). The summed E-state index contributed by atoms with van der Waals surface area (Å²) in [5.41, 5.74) is -0.184. The van der Waals surface area contributed by atoms with Gasteiger partial charge in [-0.1, -0.05) is 13.8 Å². The lowest BCUT2D eigenvalue weighted by Crippen LogP contribution is -2.60. The van der Waals surface area contributed by atoms with Gasteiger partial charge in [-0.15, -0.1) is 0 Å². The minimum atomic E-state index is -1.09. The molecule has 1 aromatic heterocycles. The zero-order valence-corrected chi connectivity index (χ0v) is 17.1. The summed E-state index contributed by atoms with van der Waals surface area (Å²) in [5.74, 6) is -2.15. The van der Waals surface area contributed by atoms with E-state index in [9.17, 15) is 18.7 Å². The Morgan fingerprint density at radius 1 is 1.24 bits per heavy atom. The number of amides is 1. The Labute approximate surface area is 168 Å². The third kappa shape index (κ3) is 3.81. The van der Waals surface area contributed by atoms with Crippen molar-refractivity contribution in [2.24, 2.45) is 5.92 Å². The summed E-state index contributed by atoms with van der Waals surface area (Å²) in [7, 11) is 1.67. The van der Waals surface area contributed by atoms with E-state index in [-0.39, 0.29) is 17.5 Å². The number of rotatable bonds is 5. The topological polar surface area (TPSA) is 81.6 Å². The first-order valence-electron chi connectivity index (χ1n) is 9.40. The van der Waals surface area contributed by atoms with Crippen molar-refractivity contribution in [2.75, 3.05) is 28.7 Å². The molecule has 2 aromatic rings. The van der Waals surface area contributed by atoms with Gasteiger partial charge in [0.25, 0.3) is 5.91 Å². The van der Waals surface area contributed by atoms with Crippen molar-refractivity contribution >= 4 is 29.0 Å². The van der Waals surface area contributed by atoms with Crippen molar-refractivity contribution < 1.29 is 18.7 Å². The van der Waals surface area contributed by atoms with Crippen LogP contribution in [0.5, 0.6) is 5.75 Å². The molecular weight excluding hydrogens is 380 g/mol. The number of phenolic OH excluding ortho intramolecular Hbond substituents is 1. The van der Waals surface area contributed by atoms with E-state index in [1.165, 1.54) is 11.1 Å². The van der Waals surface area contributed by atoms with E-state index in [1.807, 2.05) is 18.7 Å². The summed E-state index contributed by atoms with van der Waals surface area (Å²) >= 11 is 0. The Kier molecular flexibility index (Phi) is 5.34. The molecule has 0 atom stereocenters. The number of carbonyl (C=O) groups is 1. The van der Waals surface area contributed by atoms with E-state index in [0.29, 0.717) is 24.0 Å². The van der Waals surface area contributed by atoms with E-state index in [2.05, 4.69) is 29.1 Å². The monoisotopic (exact) mass is 405 g/mol. The van der Waals surface area contributed by atoms with Crippen LogP contribution in [0.3, 0.4) is 0 Å². The summed E-state index contributed by atoms with van der Waals surface area (Å²) in [6.07, 6.45) is 2.37. The van der Waals surface area contributed by atoms with Crippen LogP contribution in [-0.4, -0.2) is 40.1 Å². The molecule has 2 heterocycles. The number of hydrogen-bond acceptors (Lipinski definition) is 6. The first kappa shape index (κ1) is 20.8. The van der Waals surface area contributed by atoms with Gasteiger partial charge in [0, 0.05) is 31.4 Å². The number of likely N-dealkylation sites (N-methyl/N-ethyl adjacent to an activating group) is 1. The largest absolute Gasteiger partial charge is 0.503 e. The van der Waals surface area contributed by atoms with Gasteiger partial charge in [0.1, 0.15) is 11.2 Å². The van der Waals surface area contributed by atoms with Gasteiger partial charge in [0.15, 0.2) is 23.2 Å². The maximum atomic E-state index is 13.6. The maximum Gasteiger partial charge on any atom is 0.252 e. The van der Waals surface area contributed by atoms with E-state index in [1.54, 1.807) is 7.05 Å². The maximum absolute atomic E-state index is 13.6. The van der Waals surface area contributed by atoms with Crippen molar-refractivity contribution in [2.45, 2.75) is 39.7 Å². The second kappa shape index (κ2) is 7.46. The first-order valence-corrected chi connectivity index (χ1v) is 9.40. The van der Waals surface area contributed by atoms with Crippen LogP contribution in [0.25, 0.3) is 0 Å². The molecule has 0 saturated carbocycles. The molecule has 2 N–H and O–H groups in total. The SMILES string of the molecule is CC(C)CCN1c2nc(Nc3cc(F)c(O)c(F)c3)ncc2N(C)C(=O)C1(C)C. The summed E-state index contributed by atoms with van der Waals surface area (Å²) < 4.78 is 27.3. The van der Waals surface area contributed by atoms with Crippen molar-refractivity contribution in [3.05, 3.63) is 30.0 Å². The molecule has 0 bridgehead atoms. The molecule has 0 aliphatic carbocycles. The highest BCUT2D eigenvalue weighted by atomic mass is 19.1. The van der Waals surface area contributed by atoms with Crippen LogP contribution < -0.4 is 15.1 Å². The van der Waals surface area contributed by atoms with Crippen LogP contribution in [0.4, 0.5) is 31.9 Å². The Hall–Kier alpha value is -2.97. The Bertz CT molecular complexity index is 925. The predicted molar refractivity (Wildman–Crippen MR) is 108 cm³/mol. The Morgan fingerprint density at radius 3 is 2.45 bits per heavy atom. The molecule has 7 nitrogen and oxygen atoms in total. The quantitative estimate of drug-likeness (QED) is 0.737. The number of halogens is 2. The van der Waals surface area contributed by atoms with E-state index in [0.717, 1.165) is 18.6 Å². The molecule has 0 spiro atoms. The molecule has 0 fully saturated rings. The number of aromatic hydroxyl groups is 1. The zero-order valence-electron chi connectivity index (χ0n) is 17.1. The van der Waals surface area contributed by atoms with Crippen molar-refractivity contribution in [1.29, 1.82) is 0 Å². The highest BCUT2D eigenvalue weighted by Crippen LogP contribution is 2.39. The smallest absolute Gasteiger partial charge is 0.252 e. The third-order valence-corrected chi connectivity index (χ3v) is 5.07. The number of benzene rings is 1. The van der Waals surface area contributed by atoms with E-state index in [4.69, 9.17) is 0 Å². The van der Waals surface area contributed by atoms with Crippen molar-refractivity contribution in [3.63, 3.8) is 0 Å². The molecular formula is C20H25F2N5O2. The lowest BCUT2D eigenvalue weighted by Gasteiger charge is -2.46. The van der Waals surface area contributed by atoms with E-state index >= 15 is 0 Å². The second-order valence-corrected chi connectivity index (χ2v) is 8.07. The van der Waals surface area contributed by atoms with Crippen molar-refractivity contribution in [1.82, 2.24) is 9.97 Å². The van der Waals surface area contributed by atoms with Gasteiger partial charge >= 0.3 is 0 Å². The van der Waals surface area contributed by atoms with Crippen molar-refractivity contribution in [3.8, 4) is 5.75 Å². The molecule has 156 valence electrons. The van der Waals surface area contributed by atoms with Gasteiger partial charge in [-0.3, -0.25) is 4.79 Å². The van der Waals surface area contributed by atoms with Crippen LogP contribution in [0.1, 0.15) is 34.1 Å². The lowest BCUT2D eigenvalue weighted by atomic mass is 9.96. The molecule has 29 heavy (non-hydrogen) atoms. The molecule has 1 aromatic carbocycles. The lowest BCUT2D eigenvalue weighted by molar-refractivity contribution is -0.122. The fourth-order valence-corrected chi connectivity index (χ4v) is 3.30. The number of fused-ring (bicyclic) bond motifs is 1. The number of carbonyl (C=O) groups excluding carboxylic acids is 1. The number of aromatic nitrogens is 2. The number of phenols is 1. The average Bonchev–Trinajstić information content (AvgIpc) is 2.64. The molecule has 0 radical (unpaired) electrons. The van der Waals surface area contributed by atoms with Gasteiger partial charge in [-0.25, -0.2) is 13.8 Å². The molecule has 1 aliphatic heterocycles. The first-order chi connectivity index (χ1) is 13.5. The Balaban J connectivity index is 2.01. The van der Waals surface area contributed by atoms with Gasteiger partial charge in [-0.2, -0.15) is 4.98 Å². The molecule has 1 aliphatic rings. The highest BCUT2D eigenvalue weighted by molar-refractivity contribution is 6.06. The molecule has 0 unspecified atom stereocenters. The van der Waals surface area contributed by atoms with Crippen LogP contribution >= 0.6 is 0 Å². The standard InChI is InChI=1S/C20H25F2N5O2/c1-11(2)6-7-27-17-15(26(5)18(29)20(27,3)4)10-23-19(25-17)24-12-8-13(21)16(28)14(22)9-12/h8-11,28H,6-7H2,1-5H3,(H,23,24,25). The van der Waals surface area contributed by atoms with Gasteiger partial charge in [-0.05, 0) is 26.2 Å². The minimum Gasteiger partial charge on any atom is -0.503 e. The van der Waals surface area contributed by atoms with Crippen LogP contribution in [0.2, 0.25) is 0 Å². The zero-order chi connectivity index (χ0) is 21.5. The molecule has 1 amide bonds. The second-order valence-electron chi connectivity index (χ2n) is 8.07. The summed E-state index contributed by atoms with van der Waals surface area (Å²) in [6, 6.07) is 1.91. The fraction of sp³-hybridized carbons (Fsp3) is 0.450. The van der Waals surface area contributed by atoms with Crippen LogP contribution in [-0.2, 0) is 4.79 Å². The fourth-order valence-electron chi connectivity index (χ4n) is 3.30. The number of nitrogens with one attached hydrogen (secondary N) is 1. The minimum absolute atomic E-state index is 0.0611. The van der Waals surface area contributed by atoms with Crippen LogP contribution in [0.15, 0.2) is 18.3 Å². The average molecular weight is 405 g/mol. The third-order valence-electron chi connectivity index (χ3n) is 5.07. The predicted octanol–water partition coefficient (Wildman–Crippen LogP) is 3.81. The molecule has 9 heteroatoms. The van der Waals surface area contributed by atoms with Crippen LogP contribution in [0, 0.1) is 17.6 Å². The number of anilines is 4. The molecule has 0 saturated heterocycles. The van der Waals surface area contributed by atoms with Gasteiger partial charge < -0.3 is 20.2 Å². The Morgan fingerprint density at radius 2 is 1.86 bits per heavy atom. The van der Waals surface area contributed by atoms with E-state index < -0.39 is 22.9 Å². The summed E-state index contributed by atoms with van der Waals surface area (Å²) in [5, 5.41) is 12.0. The van der Waals surface area contributed by atoms with Gasteiger partial charge in [0.05, 0.1) is 6.20 Å². The summed E-state index contributed by atoms with van der Waals surface area (Å²) in [4.78, 5) is 25.0. The number of nitrogens with zero attached hydrogens (tertiary/aromatic N) is 4. The van der Waals surface area contributed by atoms with Gasteiger partial charge in [0.2, 0.25) is 5.95 Å².